The lowest BCUT2D eigenvalue weighted by Gasteiger charge is -2.19. The van der Waals surface area contributed by atoms with Crippen LogP contribution in [0.5, 0.6) is 11.5 Å². The molecule has 0 radical (unpaired) electrons. The Labute approximate surface area is 254 Å². The highest BCUT2D eigenvalue weighted by Gasteiger charge is 2.26. The average molecular weight is 586 g/mol. The van der Waals surface area contributed by atoms with Gasteiger partial charge in [0.2, 0.25) is 11.7 Å². The van der Waals surface area contributed by atoms with E-state index in [1.165, 1.54) is 30.5 Å². The smallest absolute Gasteiger partial charge is 0.313 e. The van der Waals surface area contributed by atoms with Crippen LogP contribution in [0.1, 0.15) is 100.0 Å². The molecule has 3 aromatic rings. The molecule has 0 fully saturated rings. The number of esters is 1. The van der Waals surface area contributed by atoms with Crippen molar-refractivity contribution in [3.05, 3.63) is 94.4 Å². The number of nitrogens with one attached hydrogen (secondary N) is 2. The first-order valence-corrected chi connectivity index (χ1v) is 14.6. The summed E-state index contributed by atoms with van der Waals surface area (Å²) in [6.07, 6.45) is 1.37. The third-order valence-corrected chi connectivity index (χ3v) is 7.14. The maximum Gasteiger partial charge on any atom is 0.313 e. The lowest BCUT2D eigenvalue weighted by atomic mass is 9.92. The molecule has 8 heteroatoms. The molecule has 0 aliphatic carbocycles. The number of benzene rings is 2. The molecule has 1 atom stereocenters. The first-order valence-electron chi connectivity index (χ1n) is 14.6. The largest absolute Gasteiger partial charge is 0.493 e. The molecule has 8 nitrogen and oxygen atoms in total. The summed E-state index contributed by atoms with van der Waals surface area (Å²) < 4.78 is 10.7. The van der Waals surface area contributed by atoms with E-state index in [2.05, 4.69) is 91.8 Å². The van der Waals surface area contributed by atoms with E-state index in [0.717, 1.165) is 16.7 Å². The Hall–Kier alpha value is -4.46. The van der Waals surface area contributed by atoms with Gasteiger partial charge in [-0.1, -0.05) is 90.1 Å². The van der Waals surface area contributed by atoms with E-state index in [4.69, 9.17) is 9.47 Å². The van der Waals surface area contributed by atoms with E-state index in [-0.39, 0.29) is 17.2 Å². The molecule has 0 aliphatic rings. The minimum Gasteiger partial charge on any atom is -0.493 e. The van der Waals surface area contributed by atoms with Crippen molar-refractivity contribution in [3.8, 4) is 11.5 Å². The predicted octanol–water partition coefficient (Wildman–Crippen LogP) is 6.61. The number of methoxy groups -OCH3 is 1. The summed E-state index contributed by atoms with van der Waals surface area (Å²) in [4.78, 5) is 43.0. The van der Waals surface area contributed by atoms with Crippen molar-refractivity contribution < 1.29 is 23.9 Å². The van der Waals surface area contributed by atoms with Gasteiger partial charge in [-0.05, 0) is 47.9 Å². The van der Waals surface area contributed by atoms with Gasteiger partial charge < -0.3 is 20.1 Å². The lowest BCUT2D eigenvalue weighted by molar-refractivity contribution is -0.137. The van der Waals surface area contributed by atoms with Crippen LogP contribution in [-0.4, -0.2) is 35.9 Å². The van der Waals surface area contributed by atoms with Gasteiger partial charge in [0.1, 0.15) is 6.04 Å². The van der Waals surface area contributed by atoms with Gasteiger partial charge in [0, 0.05) is 23.5 Å². The van der Waals surface area contributed by atoms with Crippen molar-refractivity contribution >= 4 is 23.4 Å². The average Bonchev–Trinajstić information content (AvgIpc) is 2.97. The Morgan fingerprint density at radius 2 is 1.28 bits per heavy atom. The molecular weight excluding hydrogens is 542 g/mol. The number of allylic oxidation sites excluding steroid dienone is 1. The molecule has 1 aromatic heterocycles. The molecule has 43 heavy (non-hydrogen) atoms. The summed E-state index contributed by atoms with van der Waals surface area (Å²) in [5.74, 6) is -1.19. The molecule has 1 heterocycles. The van der Waals surface area contributed by atoms with Crippen LogP contribution >= 0.6 is 0 Å². The van der Waals surface area contributed by atoms with E-state index in [1.807, 2.05) is 6.92 Å². The molecule has 2 amide bonds. The quantitative estimate of drug-likeness (QED) is 0.245. The molecule has 0 saturated heterocycles. The summed E-state index contributed by atoms with van der Waals surface area (Å²) in [6.45, 7) is 15.4. The minimum atomic E-state index is -0.933. The Balaban J connectivity index is 1.90. The zero-order valence-electron chi connectivity index (χ0n) is 26.6. The molecule has 2 aromatic carbocycles. The van der Waals surface area contributed by atoms with Crippen molar-refractivity contribution in [1.29, 1.82) is 0 Å². The number of amides is 2. The maximum atomic E-state index is 13.4. The van der Waals surface area contributed by atoms with E-state index in [0.29, 0.717) is 17.5 Å². The second-order valence-corrected chi connectivity index (χ2v) is 11.5. The highest BCUT2D eigenvalue weighted by atomic mass is 16.6. The highest BCUT2D eigenvalue weighted by molar-refractivity contribution is 5.99. The Morgan fingerprint density at radius 1 is 0.767 bits per heavy atom. The molecule has 228 valence electrons. The van der Waals surface area contributed by atoms with E-state index in [1.54, 1.807) is 20.8 Å². The zero-order valence-corrected chi connectivity index (χ0v) is 26.6. The van der Waals surface area contributed by atoms with Crippen LogP contribution in [0.3, 0.4) is 0 Å². The summed E-state index contributed by atoms with van der Waals surface area (Å²) in [7, 11) is 1.40. The normalized spacial score (nSPS) is 11.7. The third kappa shape index (κ3) is 8.31. The number of nitrogens with zero attached hydrogens (tertiary/aromatic N) is 1. The van der Waals surface area contributed by atoms with Crippen molar-refractivity contribution in [1.82, 2.24) is 15.6 Å². The minimum absolute atomic E-state index is 0.0955. The summed E-state index contributed by atoms with van der Waals surface area (Å²) in [5.41, 5.74) is 5.75. The van der Waals surface area contributed by atoms with Gasteiger partial charge in [-0.25, -0.2) is 4.98 Å². The Kier molecular flexibility index (Phi) is 11.2. The lowest BCUT2D eigenvalue weighted by Crippen LogP contribution is -2.44. The van der Waals surface area contributed by atoms with Crippen LogP contribution in [0.2, 0.25) is 0 Å². The molecule has 0 saturated carbocycles. The SMILES string of the molecule is COc1ccnc(C(=O)N[C@@H](C)C(=O)NC(C)=C(c2ccc(C(C)C)cc2)c2ccc(C(C)C)cc2)c1OC(=O)C(C)C. The molecule has 0 aliphatic heterocycles. The third-order valence-electron chi connectivity index (χ3n) is 7.14. The van der Waals surface area contributed by atoms with Gasteiger partial charge in [-0.3, -0.25) is 14.4 Å². The van der Waals surface area contributed by atoms with Crippen LogP contribution in [0.4, 0.5) is 0 Å². The van der Waals surface area contributed by atoms with Crippen LogP contribution in [0.15, 0.2) is 66.5 Å². The van der Waals surface area contributed by atoms with Gasteiger partial charge >= 0.3 is 5.97 Å². The second-order valence-electron chi connectivity index (χ2n) is 11.5. The van der Waals surface area contributed by atoms with Gasteiger partial charge in [-0.2, -0.15) is 0 Å². The van der Waals surface area contributed by atoms with Crippen LogP contribution in [0, 0.1) is 5.92 Å². The second kappa shape index (κ2) is 14.6. The van der Waals surface area contributed by atoms with Gasteiger partial charge in [0.15, 0.2) is 11.4 Å². The highest BCUT2D eigenvalue weighted by Crippen LogP contribution is 2.31. The number of pyridine rings is 1. The maximum absolute atomic E-state index is 13.4. The van der Waals surface area contributed by atoms with Crippen molar-refractivity contribution in [3.63, 3.8) is 0 Å². The number of aromatic nitrogens is 1. The first-order chi connectivity index (χ1) is 20.3. The fourth-order valence-electron chi connectivity index (χ4n) is 4.43. The number of hydrogen-bond donors (Lipinski definition) is 2. The predicted molar refractivity (Wildman–Crippen MR) is 169 cm³/mol. The van der Waals surface area contributed by atoms with Gasteiger partial charge in [0.05, 0.1) is 13.0 Å². The van der Waals surface area contributed by atoms with Crippen LogP contribution in [-0.2, 0) is 9.59 Å². The summed E-state index contributed by atoms with van der Waals surface area (Å²) >= 11 is 0. The number of carbonyl (C=O) groups excluding carboxylic acids is 3. The van der Waals surface area contributed by atoms with Crippen LogP contribution < -0.4 is 20.1 Å². The molecule has 2 N–H and O–H groups in total. The molecule has 0 bridgehead atoms. The topological polar surface area (TPSA) is 107 Å². The standard InChI is InChI=1S/C35H43N3O5/c1-20(2)25-10-14-27(15-11-25)30(28-16-12-26(13-17-28)21(3)4)23(7)37-33(39)24(8)38-34(40)31-32(43-35(41)22(5)6)29(42-9)18-19-36-31/h10-22,24H,1-9H3,(H,37,39)(H,38,40)/t24-/m0/s1. The number of carbonyl (C=O) groups is 3. The fraction of sp³-hybridized carbons (Fsp3) is 0.371. The molecule has 0 unspecified atom stereocenters. The van der Waals surface area contributed by atoms with Gasteiger partial charge in [-0.15, -0.1) is 0 Å². The molecule has 3 rings (SSSR count). The van der Waals surface area contributed by atoms with E-state index < -0.39 is 29.7 Å². The number of ether oxygens (including phenoxy) is 2. The van der Waals surface area contributed by atoms with Gasteiger partial charge in [0.25, 0.3) is 5.91 Å². The monoisotopic (exact) mass is 585 g/mol. The van der Waals surface area contributed by atoms with E-state index in [9.17, 15) is 14.4 Å². The van der Waals surface area contributed by atoms with Crippen molar-refractivity contribution in [2.75, 3.05) is 7.11 Å². The van der Waals surface area contributed by atoms with E-state index >= 15 is 0 Å². The summed E-state index contributed by atoms with van der Waals surface area (Å²) in [6, 6.07) is 17.2. The Bertz CT molecular complexity index is 1420. The molecule has 0 spiro atoms. The number of rotatable bonds is 11. The first kappa shape index (κ1) is 33.0. The Morgan fingerprint density at radius 3 is 1.72 bits per heavy atom. The zero-order chi connectivity index (χ0) is 31.8. The van der Waals surface area contributed by atoms with Crippen molar-refractivity contribution in [2.24, 2.45) is 5.92 Å². The fourth-order valence-corrected chi connectivity index (χ4v) is 4.43. The van der Waals surface area contributed by atoms with Crippen molar-refractivity contribution in [2.45, 2.75) is 73.3 Å². The number of hydrogen-bond acceptors (Lipinski definition) is 6. The van der Waals surface area contributed by atoms with Crippen LogP contribution in [0.25, 0.3) is 5.57 Å². The summed E-state index contributed by atoms with van der Waals surface area (Å²) in [5, 5.41) is 5.66. The molecular formula is C35H43N3O5.